The van der Waals surface area contributed by atoms with Gasteiger partial charge in [-0.3, -0.25) is 24.5 Å². The first kappa shape index (κ1) is 28.0. The molecule has 0 spiro atoms. The van der Waals surface area contributed by atoms with Crippen molar-refractivity contribution in [2.75, 3.05) is 23.9 Å². The maximum Gasteiger partial charge on any atom is 0.340 e. The van der Waals surface area contributed by atoms with E-state index >= 15 is 0 Å². The minimum atomic E-state index is -0.939. The number of esters is 1. The maximum atomic E-state index is 14.2. The first-order chi connectivity index (χ1) is 21.8. The summed E-state index contributed by atoms with van der Waals surface area (Å²) in [5.41, 5.74) is 3.62. The van der Waals surface area contributed by atoms with Crippen LogP contribution < -0.4 is 15.0 Å². The van der Waals surface area contributed by atoms with E-state index in [1.165, 1.54) is 37.4 Å². The number of nitro groups is 1. The van der Waals surface area contributed by atoms with E-state index < -0.39 is 47.1 Å². The number of benzene rings is 4. The van der Waals surface area contributed by atoms with Gasteiger partial charge in [-0.25, -0.2) is 9.69 Å². The van der Waals surface area contributed by atoms with Crippen molar-refractivity contribution in [1.29, 1.82) is 0 Å². The van der Waals surface area contributed by atoms with Crippen molar-refractivity contribution >= 4 is 40.8 Å². The molecule has 0 aromatic heterocycles. The zero-order valence-corrected chi connectivity index (χ0v) is 23.8. The van der Waals surface area contributed by atoms with Gasteiger partial charge >= 0.3 is 5.97 Å². The lowest BCUT2D eigenvalue weighted by Gasteiger charge is -2.45. The summed E-state index contributed by atoms with van der Waals surface area (Å²) in [5.74, 6) is -4.17. The van der Waals surface area contributed by atoms with Gasteiger partial charge in [-0.2, -0.15) is 0 Å². The average molecular weight is 604 g/mol. The van der Waals surface area contributed by atoms with Crippen LogP contribution in [0.5, 0.6) is 5.75 Å². The number of nitrogens with one attached hydrogen (secondary N) is 1. The molecule has 1 saturated heterocycles. The number of amides is 3. The number of imide groups is 1. The highest BCUT2D eigenvalue weighted by Gasteiger charge is 2.62. The SMILES string of the molecule is COc1ccc([N+](=O)[O-])c(NC(=O)COC(=O)c2ccccc2N2C(=O)[C@@H]3C4c5ccccc5C(c5ccccc54)[C@H]3C2=O)c1. The molecule has 4 aromatic rings. The Kier molecular flexibility index (Phi) is 6.65. The molecule has 45 heavy (non-hydrogen) atoms. The molecule has 2 atom stereocenters. The van der Waals surface area contributed by atoms with Gasteiger partial charge in [0, 0.05) is 24.0 Å². The lowest BCUT2D eigenvalue weighted by Crippen LogP contribution is -2.41. The zero-order chi connectivity index (χ0) is 31.4. The number of anilines is 2. The minimum absolute atomic E-state index is 0.0691. The summed E-state index contributed by atoms with van der Waals surface area (Å²) in [4.78, 5) is 66.1. The van der Waals surface area contributed by atoms with Crippen molar-refractivity contribution < 1.29 is 33.6 Å². The molecule has 8 rings (SSSR count). The van der Waals surface area contributed by atoms with Gasteiger partial charge in [0.05, 0.1) is 35.1 Å². The van der Waals surface area contributed by atoms with Crippen LogP contribution in [0.3, 0.4) is 0 Å². The van der Waals surface area contributed by atoms with Crippen molar-refractivity contribution in [3.05, 3.63) is 129 Å². The Labute approximate surface area is 256 Å². The summed E-state index contributed by atoms with van der Waals surface area (Å²) in [6, 6.07) is 25.7. The van der Waals surface area contributed by atoms with Gasteiger partial charge in [0.1, 0.15) is 11.4 Å². The normalized spacial score (nSPS) is 20.6. The van der Waals surface area contributed by atoms with Crippen LogP contribution in [0.4, 0.5) is 17.1 Å². The number of hydrogen-bond acceptors (Lipinski definition) is 8. The fraction of sp³-hybridized carbons (Fsp3) is 0.176. The van der Waals surface area contributed by atoms with E-state index in [1.807, 2.05) is 48.5 Å². The molecule has 1 fully saturated rings. The number of rotatable bonds is 7. The monoisotopic (exact) mass is 603 g/mol. The molecule has 0 unspecified atom stereocenters. The molecule has 1 heterocycles. The highest BCUT2D eigenvalue weighted by Crippen LogP contribution is 2.61. The van der Waals surface area contributed by atoms with Crippen LogP contribution >= 0.6 is 0 Å². The number of nitrogens with zero attached hydrogens (tertiary/aromatic N) is 2. The summed E-state index contributed by atoms with van der Waals surface area (Å²) in [6.45, 7) is -0.774. The van der Waals surface area contributed by atoms with Gasteiger partial charge in [0.15, 0.2) is 6.61 Å². The van der Waals surface area contributed by atoms with E-state index in [-0.39, 0.29) is 40.2 Å². The van der Waals surface area contributed by atoms with Crippen molar-refractivity contribution in [2.24, 2.45) is 11.8 Å². The largest absolute Gasteiger partial charge is 0.497 e. The molecule has 2 bridgehead atoms. The molecule has 0 saturated carbocycles. The molecular weight excluding hydrogens is 578 g/mol. The van der Waals surface area contributed by atoms with Crippen LogP contribution in [0.1, 0.15) is 44.4 Å². The van der Waals surface area contributed by atoms with E-state index in [4.69, 9.17) is 9.47 Å². The summed E-state index contributed by atoms with van der Waals surface area (Å²) in [5, 5.41) is 13.8. The number of hydrogen-bond donors (Lipinski definition) is 1. The van der Waals surface area contributed by atoms with Crippen LogP contribution in [-0.4, -0.2) is 42.3 Å². The molecule has 1 aliphatic heterocycles. The number of ether oxygens (including phenoxy) is 2. The molecule has 3 aliphatic carbocycles. The van der Waals surface area contributed by atoms with Gasteiger partial charge in [-0.15, -0.1) is 0 Å². The quantitative estimate of drug-likeness (QED) is 0.137. The van der Waals surface area contributed by atoms with Crippen molar-refractivity contribution in [2.45, 2.75) is 11.8 Å². The van der Waals surface area contributed by atoms with Crippen LogP contribution in [0, 0.1) is 22.0 Å². The third-order valence-corrected chi connectivity index (χ3v) is 8.82. The Hall–Kier alpha value is -5.84. The number of nitro benzene ring substituents is 1. The molecule has 4 aliphatic rings. The fourth-order valence-corrected chi connectivity index (χ4v) is 7.05. The Balaban J connectivity index is 1.15. The standard InChI is InChI=1S/C34H25N3O8/c1-44-18-14-15-26(37(42)43)24(16-18)35-27(38)17-45-34(41)23-12-6-7-13-25(23)36-32(39)30-28-19-8-2-3-9-20(19)29(31(30)33(36)40)22-11-5-4-10-21(22)28/h2-16,28-31H,17H2,1H3,(H,35,38)/t28?,29?,30-,31-/m1/s1. The van der Waals surface area contributed by atoms with Crippen LogP contribution in [0.2, 0.25) is 0 Å². The number of para-hydroxylation sites is 1. The summed E-state index contributed by atoms with van der Waals surface area (Å²) in [7, 11) is 1.37. The van der Waals surface area contributed by atoms with Gasteiger partial charge in [-0.05, 0) is 40.5 Å². The second-order valence-corrected chi connectivity index (χ2v) is 11.1. The van der Waals surface area contributed by atoms with Gasteiger partial charge in [0.25, 0.3) is 11.6 Å². The zero-order valence-electron chi connectivity index (χ0n) is 23.8. The Morgan fingerprint density at radius 3 is 1.89 bits per heavy atom. The predicted octanol–water partition coefficient (Wildman–Crippen LogP) is 4.80. The molecule has 0 radical (unpaired) electrons. The third kappa shape index (κ3) is 4.35. The number of carbonyl (C=O) groups is 4. The highest BCUT2D eigenvalue weighted by molar-refractivity contribution is 6.25. The van der Waals surface area contributed by atoms with E-state index in [0.717, 1.165) is 27.2 Å². The van der Waals surface area contributed by atoms with Crippen molar-refractivity contribution in [3.8, 4) is 5.75 Å². The third-order valence-electron chi connectivity index (χ3n) is 8.82. The van der Waals surface area contributed by atoms with E-state index in [2.05, 4.69) is 5.32 Å². The van der Waals surface area contributed by atoms with E-state index in [0.29, 0.717) is 0 Å². The predicted molar refractivity (Wildman–Crippen MR) is 161 cm³/mol. The molecule has 1 N–H and O–H groups in total. The molecule has 224 valence electrons. The van der Waals surface area contributed by atoms with Crippen LogP contribution in [0.25, 0.3) is 0 Å². The van der Waals surface area contributed by atoms with Crippen molar-refractivity contribution in [3.63, 3.8) is 0 Å². The second kappa shape index (κ2) is 10.7. The van der Waals surface area contributed by atoms with Gasteiger partial charge in [-0.1, -0.05) is 60.7 Å². The fourth-order valence-electron chi connectivity index (χ4n) is 7.05. The lowest BCUT2D eigenvalue weighted by molar-refractivity contribution is -0.383. The van der Waals surface area contributed by atoms with Gasteiger partial charge < -0.3 is 14.8 Å². The Bertz CT molecular complexity index is 1820. The first-order valence-electron chi connectivity index (χ1n) is 14.2. The maximum absolute atomic E-state index is 14.2. The van der Waals surface area contributed by atoms with E-state index in [9.17, 15) is 29.3 Å². The smallest absolute Gasteiger partial charge is 0.340 e. The highest BCUT2D eigenvalue weighted by atomic mass is 16.6. The van der Waals surface area contributed by atoms with Gasteiger partial charge in [0.2, 0.25) is 11.8 Å². The molecular formula is C34H25N3O8. The van der Waals surface area contributed by atoms with Crippen molar-refractivity contribution in [1.82, 2.24) is 0 Å². The molecule has 11 heteroatoms. The van der Waals surface area contributed by atoms with Crippen LogP contribution in [-0.2, 0) is 19.1 Å². The summed E-state index contributed by atoms with van der Waals surface area (Å²) in [6.07, 6.45) is 0. The topological polar surface area (TPSA) is 145 Å². The molecule has 3 amide bonds. The molecule has 4 aromatic carbocycles. The van der Waals surface area contributed by atoms with Crippen LogP contribution in [0.15, 0.2) is 91.0 Å². The Morgan fingerprint density at radius 2 is 1.36 bits per heavy atom. The average Bonchev–Trinajstić information content (AvgIpc) is 3.33. The van der Waals surface area contributed by atoms with E-state index in [1.54, 1.807) is 12.1 Å². The lowest BCUT2D eigenvalue weighted by atomic mass is 9.55. The Morgan fingerprint density at radius 1 is 0.822 bits per heavy atom. The number of carbonyl (C=O) groups excluding carboxylic acids is 4. The summed E-state index contributed by atoms with van der Waals surface area (Å²) < 4.78 is 10.3. The second-order valence-electron chi connectivity index (χ2n) is 11.1. The first-order valence-corrected chi connectivity index (χ1v) is 14.2. The molecule has 11 nitrogen and oxygen atoms in total. The minimum Gasteiger partial charge on any atom is -0.497 e. The summed E-state index contributed by atoms with van der Waals surface area (Å²) >= 11 is 0. The number of methoxy groups -OCH3 is 1.